The maximum atomic E-state index is 6.26. The van der Waals surface area contributed by atoms with Gasteiger partial charge in [0, 0.05) is 36.2 Å². The molecule has 2 aliphatic rings. The Morgan fingerprint density at radius 2 is 2.05 bits per heavy atom. The van der Waals surface area contributed by atoms with Crippen molar-refractivity contribution in [2.45, 2.75) is 69.6 Å². The van der Waals surface area contributed by atoms with Crippen LogP contribution in [0.15, 0.2) is 0 Å². The lowest BCUT2D eigenvalue weighted by Gasteiger charge is -2.47. The third-order valence-corrected chi connectivity index (χ3v) is 6.87. The van der Waals surface area contributed by atoms with E-state index in [9.17, 15) is 0 Å². The first kappa shape index (κ1) is 15.7. The van der Waals surface area contributed by atoms with Crippen molar-refractivity contribution >= 4 is 11.8 Å². The van der Waals surface area contributed by atoms with E-state index >= 15 is 0 Å². The van der Waals surface area contributed by atoms with Gasteiger partial charge in [0.1, 0.15) is 0 Å². The van der Waals surface area contributed by atoms with Gasteiger partial charge < -0.3 is 5.73 Å². The van der Waals surface area contributed by atoms with E-state index < -0.39 is 0 Å². The quantitative estimate of drug-likeness (QED) is 0.801. The molecule has 0 radical (unpaired) electrons. The Labute approximate surface area is 123 Å². The van der Waals surface area contributed by atoms with Crippen LogP contribution in [-0.2, 0) is 0 Å². The lowest BCUT2D eigenvalue weighted by molar-refractivity contribution is 0.0800. The van der Waals surface area contributed by atoms with Gasteiger partial charge in [0.05, 0.1) is 0 Å². The maximum Gasteiger partial charge on any atom is 0.0332 e. The molecule has 1 saturated carbocycles. The van der Waals surface area contributed by atoms with Gasteiger partial charge in [-0.25, -0.2) is 0 Å². The maximum absolute atomic E-state index is 6.26. The molecular formula is C16H32N2S. The molecular weight excluding hydrogens is 252 g/mol. The number of thioether (sulfide) groups is 1. The van der Waals surface area contributed by atoms with Crippen molar-refractivity contribution in [1.82, 2.24) is 4.90 Å². The topological polar surface area (TPSA) is 29.3 Å². The van der Waals surface area contributed by atoms with E-state index in [1.165, 1.54) is 63.8 Å². The highest BCUT2D eigenvalue weighted by atomic mass is 32.2. The molecule has 1 saturated heterocycles. The molecule has 3 heteroatoms. The third-order valence-electron chi connectivity index (χ3n) is 5.49. The van der Waals surface area contributed by atoms with Crippen LogP contribution < -0.4 is 5.73 Å². The molecule has 0 aromatic rings. The molecule has 2 fully saturated rings. The summed E-state index contributed by atoms with van der Waals surface area (Å²) in [5.74, 6) is 2.26. The Morgan fingerprint density at radius 3 is 2.74 bits per heavy atom. The molecule has 0 bridgehead atoms. The standard InChI is InChI=1S/C16H32N2S/c1-3-14-6-5-8-16(13-17,9-7-14)18-10-11-19-15(4-2)12-18/h14-15H,3-13,17H2,1-2H3. The van der Waals surface area contributed by atoms with Crippen LogP contribution in [0.3, 0.4) is 0 Å². The van der Waals surface area contributed by atoms with Gasteiger partial charge in [-0.1, -0.05) is 33.1 Å². The van der Waals surface area contributed by atoms with Crippen molar-refractivity contribution in [3.8, 4) is 0 Å². The van der Waals surface area contributed by atoms with Crippen LogP contribution >= 0.6 is 11.8 Å². The normalized spacial score (nSPS) is 38.1. The van der Waals surface area contributed by atoms with Crippen LogP contribution in [0.5, 0.6) is 0 Å². The molecule has 112 valence electrons. The van der Waals surface area contributed by atoms with E-state index in [-0.39, 0.29) is 0 Å². The lowest BCUT2D eigenvalue weighted by atomic mass is 9.87. The summed E-state index contributed by atoms with van der Waals surface area (Å²) >= 11 is 2.17. The monoisotopic (exact) mass is 284 g/mol. The van der Waals surface area contributed by atoms with Crippen molar-refractivity contribution in [3.63, 3.8) is 0 Å². The van der Waals surface area contributed by atoms with E-state index in [0.29, 0.717) is 5.54 Å². The smallest absolute Gasteiger partial charge is 0.0332 e. The van der Waals surface area contributed by atoms with Crippen molar-refractivity contribution in [2.24, 2.45) is 11.7 Å². The number of hydrogen-bond donors (Lipinski definition) is 1. The molecule has 0 amide bonds. The van der Waals surface area contributed by atoms with Gasteiger partial charge in [0.2, 0.25) is 0 Å². The Hall–Kier alpha value is 0.270. The summed E-state index contributed by atoms with van der Waals surface area (Å²) < 4.78 is 0. The first-order valence-electron chi connectivity index (χ1n) is 8.30. The lowest BCUT2D eigenvalue weighted by Crippen LogP contribution is -2.57. The molecule has 2 N–H and O–H groups in total. The minimum Gasteiger partial charge on any atom is -0.329 e. The molecule has 0 spiro atoms. The van der Waals surface area contributed by atoms with E-state index in [1.54, 1.807) is 0 Å². The first-order chi connectivity index (χ1) is 9.24. The van der Waals surface area contributed by atoms with Gasteiger partial charge in [-0.2, -0.15) is 11.8 Å². The Bertz CT molecular complexity index is 271. The average Bonchev–Trinajstić information content (AvgIpc) is 2.70. The van der Waals surface area contributed by atoms with E-state index in [1.807, 2.05) is 0 Å². The highest BCUT2D eigenvalue weighted by Crippen LogP contribution is 2.37. The fourth-order valence-corrected chi connectivity index (χ4v) is 5.10. The summed E-state index contributed by atoms with van der Waals surface area (Å²) in [6, 6.07) is 0. The van der Waals surface area contributed by atoms with E-state index in [2.05, 4.69) is 30.5 Å². The predicted molar refractivity (Wildman–Crippen MR) is 86.8 cm³/mol. The summed E-state index contributed by atoms with van der Waals surface area (Å²) in [4.78, 5) is 2.77. The van der Waals surface area contributed by atoms with Crippen LogP contribution in [0.1, 0.15) is 58.8 Å². The highest BCUT2D eigenvalue weighted by molar-refractivity contribution is 8.00. The predicted octanol–water partition coefficient (Wildman–Crippen LogP) is 3.50. The Kier molecular flexibility index (Phi) is 6.04. The molecule has 1 aliphatic carbocycles. The van der Waals surface area contributed by atoms with Gasteiger partial charge in [0.15, 0.2) is 0 Å². The molecule has 2 nitrogen and oxygen atoms in total. The minimum atomic E-state index is 0.332. The molecule has 0 aromatic carbocycles. The minimum absolute atomic E-state index is 0.332. The van der Waals surface area contributed by atoms with Crippen molar-refractivity contribution in [2.75, 3.05) is 25.4 Å². The second-order valence-corrected chi connectivity index (χ2v) is 7.89. The van der Waals surface area contributed by atoms with Crippen LogP contribution in [0.2, 0.25) is 0 Å². The number of nitrogens with zero attached hydrogens (tertiary/aromatic N) is 1. The number of nitrogens with two attached hydrogens (primary N) is 1. The Balaban J connectivity index is 2.04. The van der Waals surface area contributed by atoms with Crippen molar-refractivity contribution < 1.29 is 0 Å². The van der Waals surface area contributed by atoms with Crippen molar-refractivity contribution in [3.05, 3.63) is 0 Å². The molecule has 1 heterocycles. The van der Waals surface area contributed by atoms with Crippen LogP contribution in [0.4, 0.5) is 0 Å². The zero-order chi connectivity index (χ0) is 13.7. The highest BCUT2D eigenvalue weighted by Gasteiger charge is 2.39. The van der Waals surface area contributed by atoms with Gasteiger partial charge >= 0.3 is 0 Å². The fraction of sp³-hybridized carbons (Fsp3) is 1.00. The van der Waals surface area contributed by atoms with E-state index in [4.69, 9.17) is 5.73 Å². The van der Waals surface area contributed by atoms with Gasteiger partial charge in [-0.3, -0.25) is 4.90 Å². The van der Waals surface area contributed by atoms with Crippen LogP contribution in [-0.4, -0.2) is 41.1 Å². The van der Waals surface area contributed by atoms with Crippen LogP contribution in [0.25, 0.3) is 0 Å². The van der Waals surface area contributed by atoms with Gasteiger partial charge in [-0.15, -0.1) is 0 Å². The van der Waals surface area contributed by atoms with Crippen LogP contribution in [0, 0.1) is 5.92 Å². The molecule has 2 rings (SSSR count). The molecule has 3 atom stereocenters. The summed E-state index contributed by atoms with van der Waals surface area (Å²) in [5.41, 5.74) is 6.60. The fourth-order valence-electron chi connectivity index (χ4n) is 3.92. The second kappa shape index (κ2) is 7.33. The molecule has 19 heavy (non-hydrogen) atoms. The number of hydrogen-bond acceptors (Lipinski definition) is 3. The average molecular weight is 285 g/mol. The summed E-state index contributed by atoms with van der Waals surface area (Å²) in [5, 5.41) is 0.836. The third kappa shape index (κ3) is 3.68. The Morgan fingerprint density at radius 1 is 1.21 bits per heavy atom. The van der Waals surface area contributed by atoms with Gasteiger partial charge in [0.25, 0.3) is 0 Å². The molecule has 1 aliphatic heterocycles. The first-order valence-corrected chi connectivity index (χ1v) is 9.35. The largest absolute Gasteiger partial charge is 0.329 e. The van der Waals surface area contributed by atoms with E-state index in [0.717, 1.165) is 17.7 Å². The number of rotatable bonds is 4. The summed E-state index contributed by atoms with van der Waals surface area (Å²) in [6.45, 7) is 8.08. The second-order valence-electron chi connectivity index (χ2n) is 6.48. The zero-order valence-corrected chi connectivity index (χ0v) is 13.7. The van der Waals surface area contributed by atoms with Gasteiger partial charge in [-0.05, 0) is 31.6 Å². The molecule has 0 aromatic heterocycles. The van der Waals surface area contributed by atoms with Crippen molar-refractivity contribution in [1.29, 1.82) is 0 Å². The molecule has 3 unspecified atom stereocenters. The summed E-state index contributed by atoms with van der Waals surface area (Å²) in [7, 11) is 0. The SMILES string of the molecule is CCC1CCCC(CN)(N2CCSC(CC)C2)CC1. The zero-order valence-electron chi connectivity index (χ0n) is 12.9. The summed E-state index contributed by atoms with van der Waals surface area (Å²) in [6.07, 6.45) is 9.54.